The van der Waals surface area contributed by atoms with Crippen molar-refractivity contribution >= 4 is 0 Å². The number of hydrogen-bond donors (Lipinski definition) is 1. The number of aryl methyl sites for hydroxylation is 1. The van der Waals surface area contributed by atoms with Crippen molar-refractivity contribution in [2.45, 2.75) is 19.4 Å². The predicted molar refractivity (Wildman–Crippen MR) is 70.4 cm³/mol. The molecule has 0 spiro atoms. The van der Waals surface area contributed by atoms with Crippen LogP contribution in [0.5, 0.6) is 5.75 Å². The summed E-state index contributed by atoms with van der Waals surface area (Å²) >= 11 is 0. The number of benzene rings is 1. The molecule has 0 atom stereocenters. The molecule has 4 heteroatoms. The first-order valence-corrected chi connectivity index (χ1v) is 6.26. The standard InChI is InChI=1S/C14H17N3O/c1-17-12(9-16-14(17)8-15)10-4-5-13-11(7-10)3-2-6-18-13/h4-5,7,9H,2-3,6,8,15H2,1H3. The van der Waals surface area contributed by atoms with Gasteiger partial charge in [0.1, 0.15) is 11.6 Å². The van der Waals surface area contributed by atoms with E-state index < -0.39 is 0 Å². The van der Waals surface area contributed by atoms with E-state index in [4.69, 9.17) is 10.5 Å². The average molecular weight is 243 g/mol. The minimum Gasteiger partial charge on any atom is -0.493 e. The molecule has 1 aromatic carbocycles. The van der Waals surface area contributed by atoms with Crippen LogP contribution in [0.3, 0.4) is 0 Å². The van der Waals surface area contributed by atoms with E-state index in [2.05, 4.69) is 23.2 Å². The van der Waals surface area contributed by atoms with Gasteiger partial charge in [0.25, 0.3) is 0 Å². The topological polar surface area (TPSA) is 53.1 Å². The van der Waals surface area contributed by atoms with Gasteiger partial charge in [0.2, 0.25) is 0 Å². The summed E-state index contributed by atoms with van der Waals surface area (Å²) in [7, 11) is 2.00. The molecule has 0 unspecified atom stereocenters. The summed E-state index contributed by atoms with van der Waals surface area (Å²) in [5.74, 6) is 1.92. The van der Waals surface area contributed by atoms with Gasteiger partial charge >= 0.3 is 0 Å². The third-order valence-electron chi connectivity index (χ3n) is 3.47. The maximum atomic E-state index is 5.65. The van der Waals surface area contributed by atoms with Crippen LogP contribution in [0.2, 0.25) is 0 Å². The number of imidazole rings is 1. The zero-order valence-corrected chi connectivity index (χ0v) is 10.5. The van der Waals surface area contributed by atoms with Gasteiger partial charge in [0, 0.05) is 12.6 Å². The highest BCUT2D eigenvalue weighted by Crippen LogP contribution is 2.30. The van der Waals surface area contributed by atoms with Gasteiger partial charge < -0.3 is 15.0 Å². The number of nitrogens with zero attached hydrogens (tertiary/aromatic N) is 2. The minimum atomic E-state index is 0.463. The van der Waals surface area contributed by atoms with Gasteiger partial charge in [-0.3, -0.25) is 0 Å². The van der Waals surface area contributed by atoms with Gasteiger partial charge in [0.05, 0.1) is 25.0 Å². The fourth-order valence-corrected chi connectivity index (χ4v) is 2.43. The maximum Gasteiger partial charge on any atom is 0.122 e. The molecule has 4 nitrogen and oxygen atoms in total. The molecule has 0 amide bonds. The second-order valence-electron chi connectivity index (χ2n) is 4.60. The summed E-state index contributed by atoms with van der Waals surface area (Å²) in [5, 5.41) is 0. The molecule has 0 bridgehead atoms. The molecule has 2 aromatic rings. The summed E-state index contributed by atoms with van der Waals surface area (Å²) < 4.78 is 7.68. The summed E-state index contributed by atoms with van der Waals surface area (Å²) in [6.45, 7) is 1.29. The molecular weight excluding hydrogens is 226 g/mol. The Morgan fingerprint density at radius 2 is 2.33 bits per heavy atom. The molecule has 0 saturated carbocycles. The van der Waals surface area contributed by atoms with Gasteiger partial charge in [-0.05, 0) is 36.6 Å². The third kappa shape index (κ3) is 1.78. The first-order valence-electron chi connectivity index (χ1n) is 6.26. The van der Waals surface area contributed by atoms with Gasteiger partial charge in [-0.25, -0.2) is 4.98 Å². The van der Waals surface area contributed by atoms with Crippen LogP contribution < -0.4 is 10.5 Å². The van der Waals surface area contributed by atoms with Gasteiger partial charge in [-0.2, -0.15) is 0 Å². The molecule has 0 radical (unpaired) electrons. The highest BCUT2D eigenvalue weighted by atomic mass is 16.5. The quantitative estimate of drug-likeness (QED) is 0.876. The third-order valence-corrected chi connectivity index (χ3v) is 3.47. The number of hydrogen-bond acceptors (Lipinski definition) is 3. The molecule has 3 rings (SSSR count). The van der Waals surface area contributed by atoms with Crippen molar-refractivity contribution in [1.82, 2.24) is 9.55 Å². The van der Waals surface area contributed by atoms with Crippen LogP contribution in [-0.4, -0.2) is 16.2 Å². The van der Waals surface area contributed by atoms with Crippen LogP contribution in [0.1, 0.15) is 17.8 Å². The number of fused-ring (bicyclic) bond motifs is 1. The molecule has 0 fully saturated rings. The van der Waals surface area contributed by atoms with E-state index in [9.17, 15) is 0 Å². The van der Waals surface area contributed by atoms with Crippen LogP contribution in [0.4, 0.5) is 0 Å². The number of nitrogens with two attached hydrogens (primary N) is 1. The molecule has 0 saturated heterocycles. The van der Waals surface area contributed by atoms with Crippen molar-refractivity contribution in [3.63, 3.8) is 0 Å². The average Bonchev–Trinajstić information content (AvgIpc) is 2.79. The summed E-state index contributed by atoms with van der Waals surface area (Å²) in [5.41, 5.74) is 9.21. The summed E-state index contributed by atoms with van der Waals surface area (Å²) in [6.07, 6.45) is 4.06. The monoisotopic (exact) mass is 243 g/mol. The molecular formula is C14H17N3O. The van der Waals surface area contributed by atoms with E-state index in [1.54, 1.807) is 0 Å². The normalized spacial score (nSPS) is 14.1. The predicted octanol–water partition coefficient (Wildman–Crippen LogP) is 1.87. The van der Waals surface area contributed by atoms with E-state index in [0.717, 1.165) is 36.7 Å². The lowest BCUT2D eigenvalue weighted by Gasteiger charge is -2.18. The second-order valence-corrected chi connectivity index (χ2v) is 4.60. The summed E-state index contributed by atoms with van der Waals surface area (Å²) in [4.78, 5) is 4.33. The molecule has 94 valence electrons. The van der Waals surface area contributed by atoms with Crippen molar-refractivity contribution in [3.05, 3.63) is 35.8 Å². The van der Waals surface area contributed by atoms with Crippen molar-refractivity contribution in [1.29, 1.82) is 0 Å². The lowest BCUT2D eigenvalue weighted by Crippen LogP contribution is -2.08. The van der Waals surface area contributed by atoms with Crippen molar-refractivity contribution in [3.8, 4) is 17.0 Å². The molecule has 1 aromatic heterocycles. The lowest BCUT2D eigenvalue weighted by atomic mass is 10.0. The van der Waals surface area contributed by atoms with Gasteiger partial charge in [-0.15, -0.1) is 0 Å². The molecule has 2 N–H and O–H groups in total. The Bertz CT molecular complexity index is 574. The Morgan fingerprint density at radius 3 is 3.11 bits per heavy atom. The molecule has 1 aliphatic heterocycles. The Balaban J connectivity index is 2.03. The fraction of sp³-hybridized carbons (Fsp3) is 0.357. The van der Waals surface area contributed by atoms with Crippen LogP contribution in [0.25, 0.3) is 11.3 Å². The van der Waals surface area contributed by atoms with Crippen molar-refractivity contribution in [2.75, 3.05) is 6.61 Å². The van der Waals surface area contributed by atoms with E-state index in [-0.39, 0.29) is 0 Å². The zero-order valence-electron chi connectivity index (χ0n) is 10.5. The van der Waals surface area contributed by atoms with Gasteiger partial charge in [0.15, 0.2) is 0 Å². The molecule has 18 heavy (non-hydrogen) atoms. The Kier molecular flexibility index (Phi) is 2.80. The van der Waals surface area contributed by atoms with Crippen LogP contribution in [0, 0.1) is 0 Å². The van der Waals surface area contributed by atoms with E-state index in [1.165, 1.54) is 11.1 Å². The molecule has 2 heterocycles. The first kappa shape index (κ1) is 11.3. The van der Waals surface area contributed by atoms with E-state index in [0.29, 0.717) is 6.54 Å². The van der Waals surface area contributed by atoms with Gasteiger partial charge in [-0.1, -0.05) is 0 Å². The number of ether oxygens (including phenoxy) is 1. The highest BCUT2D eigenvalue weighted by Gasteiger charge is 2.13. The summed E-state index contributed by atoms with van der Waals surface area (Å²) in [6, 6.07) is 6.34. The Labute approximate surface area is 106 Å². The molecule has 0 aliphatic carbocycles. The smallest absolute Gasteiger partial charge is 0.122 e. The maximum absolute atomic E-state index is 5.65. The van der Waals surface area contributed by atoms with Crippen molar-refractivity contribution in [2.24, 2.45) is 12.8 Å². The highest BCUT2D eigenvalue weighted by molar-refractivity contribution is 5.62. The van der Waals surface area contributed by atoms with E-state index >= 15 is 0 Å². The van der Waals surface area contributed by atoms with Crippen LogP contribution in [-0.2, 0) is 20.0 Å². The van der Waals surface area contributed by atoms with Crippen LogP contribution >= 0.6 is 0 Å². The Morgan fingerprint density at radius 1 is 1.44 bits per heavy atom. The van der Waals surface area contributed by atoms with E-state index in [1.807, 2.05) is 17.8 Å². The largest absolute Gasteiger partial charge is 0.493 e. The minimum absolute atomic E-state index is 0.463. The van der Waals surface area contributed by atoms with Crippen LogP contribution in [0.15, 0.2) is 24.4 Å². The van der Waals surface area contributed by atoms with Crippen molar-refractivity contribution < 1.29 is 4.74 Å². The number of aromatic nitrogens is 2. The zero-order chi connectivity index (χ0) is 12.5. The SMILES string of the molecule is Cn1c(-c2ccc3c(c2)CCCO3)cnc1CN. The molecule has 1 aliphatic rings. The second kappa shape index (κ2) is 4.46. The lowest BCUT2D eigenvalue weighted by molar-refractivity contribution is 0.288. The number of rotatable bonds is 2. The fourth-order valence-electron chi connectivity index (χ4n) is 2.43. The first-order chi connectivity index (χ1) is 8.79. The Hall–Kier alpha value is -1.81.